The zero-order valence-electron chi connectivity index (χ0n) is 23.8. The molecule has 3 amide bonds. The summed E-state index contributed by atoms with van der Waals surface area (Å²) in [6.45, 7) is 1.77. The lowest BCUT2D eigenvalue weighted by atomic mass is 9.61. The van der Waals surface area contributed by atoms with Crippen molar-refractivity contribution in [3.05, 3.63) is 54.2 Å². The zero-order chi connectivity index (χ0) is 30.7. The van der Waals surface area contributed by atoms with E-state index in [-0.39, 0.29) is 18.0 Å². The monoisotopic (exact) mass is 582 g/mol. The Bertz CT molecular complexity index is 1350. The second-order valence-electron chi connectivity index (χ2n) is 11.0. The van der Waals surface area contributed by atoms with Gasteiger partial charge in [-0.3, -0.25) is 19.2 Å². The van der Waals surface area contributed by atoms with Crippen LogP contribution in [-0.2, 0) is 28.5 Å². The van der Waals surface area contributed by atoms with Crippen molar-refractivity contribution in [2.24, 2.45) is 5.92 Å². The van der Waals surface area contributed by atoms with Gasteiger partial charge in [-0.1, -0.05) is 56.7 Å². The molecule has 2 saturated heterocycles. The van der Waals surface area contributed by atoms with E-state index in [0.29, 0.717) is 5.69 Å². The minimum atomic E-state index is -3.20. The number of carboxylic acids is 1. The second-order valence-corrected chi connectivity index (χ2v) is 11.0. The molecule has 2 aliphatic rings. The number of aliphatic hydroxyl groups is 1. The van der Waals surface area contributed by atoms with Crippen molar-refractivity contribution in [2.45, 2.75) is 63.7 Å². The molecular weight excluding hydrogens is 547 g/mol. The predicted octanol–water partition coefficient (Wildman–Crippen LogP) is 0.143. The molecule has 4 rings (SSSR count). The van der Waals surface area contributed by atoms with Crippen LogP contribution in [0.15, 0.2) is 48.5 Å². The highest BCUT2D eigenvalue weighted by atomic mass is 16.8. The SMILES string of the molecule is CNC(=O)[C@@]12CC(=O)O[B-]([C@H](CC(C)C)NC(=O)[C@@H](NC(=O)c3cccc(-c4ccccc4)n3)[C@@H](C)O)(O1)[OH+]C(=O)C2. The summed E-state index contributed by atoms with van der Waals surface area (Å²) >= 11 is 0. The Kier molecular flexibility index (Phi) is 8.97. The number of rotatable bonds is 10. The lowest BCUT2D eigenvalue weighted by Gasteiger charge is -2.55. The molecule has 3 heterocycles. The van der Waals surface area contributed by atoms with Gasteiger partial charge in [0.2, 0.25) is 11.8 Å². The predicted molar refractivity (Wildman–Crippen MR) is 150 cm³/mol. The summed E-state index contributed by atoms with van der Waals surface area (Å²) < 4.78 is 15.6. The molecule has 224 valence electrons. The normalized spacial score (nSPS) is 23.6. The van der Waals surface area contributed by atoms with Crippen LogP contribution < -0.4 is 16.0 Å². The molecule has 0 spiro atoms. The number of hydrogen-bond donors (Lipinski definition) is 4. The van der Waals surface area contributed by atoms with E-state index in [9.17, 15) is 29.1 Å². The van der Waals surface area contributed by atoms with Gasteiger partial charge in [0.1, 0.15) is 23.8 Å². The van der Waals surface area contributed by atoms with Gasteiger partial charge in [0, 0.05) is 23.3 Å². The van der Waals surface area contributed by atoms with E-state index < -0.39 is 72.9 Å². The average molecular weight is 582 g/mol. The summed E-state index contributed by atoms with van der Waals surface area (Å²) in [5.41, 5.74) is -0.491. The van der Waals surface area contributed by atoms with E-state index in [1.165, 1.54) is 20.0 Å². The summed E-state index contributed by atoms with van der Waals surface area (Å²) in [6.07, 6.45) is -2.20. The molecule has 5 N–H and O–H groups in total. The van der Waals surface area contributed by atoms with Crippen LogP contribution in [0.5, 0.6) is 0 Å². The highest BCUT2D eigenvalue weighted by molar-refractivity contribution is 6.66. The van der Waals surface area contributed by atoms with E-state index in [1.807, 2.05) is 44.2 Å². The first-order valence-corrected chi connectivity index (χ1v) is 13.7. The maximum atomic E-state index is 13.6. The molecule has 1 aromatic heterocycles. The Morgan fingerprint density at radius 1 is 1.05 bits per heavy atom. The van der Waals surface area contributed by atoms with Crippen LogP contribution in [0.2, 0.25) is 0 Å². The number of amides is 3. The molecule has 2 aliphatic heterocycles. The zero-order valence-corrected chi connectivity index (χ0v) is 23.8. The molecule has 0 aliphatic carbocycles. The summed E-state index contributed by atoms with van der Waals surface area (Å²) in [5, 5.41) is 18.1. The lowest BCUT2D eigenvalue weighted by Crippen LogP contribution is -2.77. The van der Waals surface area contributed by atoms with Gasteiger partial charge in [-0.15, -0.1) is 0 Å². The van der Waals surface area contributed by atoms with Crippen LogP contribution >= 0.6 is 0 Å². The molecule has 0 saturated carbocycles. The Morgan fingerprint density at radius 3 is 2.40 bits per heavy atom. The molecule has 0 radical (unpaired) electrons. The van der Waals surface area contributed by atoms with Crippen LogP contribution in [0.4, 0.5) is 0 Å². The smallest absolute Gasteiger partial charge is 0.594 e. The van der Waals surface area contributed by atoms with E-state index in [0.717, 1.165) is 5.56 Å². The number of fused-ring (bicyclic) bond motifs is 2. The fourth-order valence-corrected chi connectivity index (χ4v) is 5.26. The van der Waals surface area contributed by atoms with E-state index in [4.69, 9.17) is 9.31 Å². The summed E-state index contributed by atoms with van der Waals surface area (Å²) in [6, 6.07) is 12.6. The molecule has 1 unspecified atom stereocenters. The average Bonchev–Trinajstić information content (AvgIpc) is 2.94. The van der Waals surface area contributed by atoms with Crippen molar-refractivity contribution in [1.29, 1.82) is 0 Å². The molecule has 2 fully saturated rings. The minimum Gasteiger partial charge on any atom is -0.717 e. The Hall–Kier alpha value is -4.30. The molecule has 14 heteroatoms. The molecule has 1 aromatic carbocycles. The molecule has 13 nitrogen and oxygen atoms in total. The van der Waals surface area contributed by atoms with Crippen molar-refractivity contribution in [3.63, 3.8) is 0 Å². The van der Waals surface area contributed by atoms with Gasteiger partial charge in [0.05, 0.1) is 18.2 Å². The minimum absolute atomic E-state index is 0.0177. The number of hydrogen-bond acceptors (Lipinski definition) is 9. The third-order valence-corrected chi connectivity index (χ3v) is 7.19. The number of aliphatic carboxylic acids is 1. The van der Waals surface area contributed by atoms with E-state index in [1.54, 1.807) is 12.1 Å². The quantitative estimate of drug-likeness (QED) is 0.223. The number of benzene rings is 1. The topological polar surface area (TPSA) is 186 Å². The van der Waals surface area contributed by atoms with Crippen LogP contribution in [0.3, 0.4) is 0 Å². The first-order chi connectivity index (χ1) is 19.9. The second kappa shape index (κ2) is 12.3. The van der Waals surface area contributed by atoms with Crippen LogP contribution in [0, 0.1) is 5.92 Å². The molecule has 2 aromatic rings. The number of nitrogens with zero attached hydrogens (tertiary/aromatic N) is 1. The number of likely N-dealkylation sites (N-methyl/N-ethyl adjacent to an activating group) is 1. The lowest BCUT2D eigenvalue weighted by molar-refractivity contribution is -0.201. The van der Waals surface area contributed by atoms with E-state index >= 15 is 0 Å². The summed E-state index contributed by atoms with van der Waals surface area (Å²) in [7, 11) is 1.35. The first kappa shape index (κ1) is 30.7. The fourth-order valence-electron chi connectivity index (χ4n) is 5.26. The van der Waals surface area contributed by atoms with Gasteiger partial charge >= 0.3 is 12.7 Å². The third kappa shape index (κ3) is 6.44. The first-order valence-electron chi connectivity index (χ1n) is 13.7. The highest BCUT2D eigenvalue weighted by Crippen LogP contribution is 2.39. The number of nitrogens with one attached hydrogen (secondary N) is 3. The molecule has 5 atom stereocenters. The Morgan fingerprint density at radius 2 is 1.76 bits per heavy atom. The molecule has 42 heavy (non-hydrogen) atoms. The van der Waals surface area contributed by atoms with Crippen LogP contribution in [-0.4, -0.2) is 81.9 Å². The number of aliphatic hydroxyl groups excluding tert-OH is 1. The van der Waals surface area contributed by atoms with Gasteiger partial charge in [-0.2, -0.15) is 0 Å². The third-order valence-electron chi connectivity index (χ3n) is 7.19. The largest absolute Gasteiger partial charge is 0.717 e. The highest BCUT2D eigenvalue weighted by Gasteiger charge is 2.65. The van der Waals surface area contributed by atoms with Crippen molar-refractivity contribution < 1.29 is 43.0 Å². The van der Waals surface area contributed by atoms with Gasteiger partial charge in [-0.25, -0.2) is 4.98 Å². The summed E-state index contributed by atoms with van der Waals surface area (Å²) in [5.74, 6) is -5.09. The van der Waals surface area contributed by atoms with Gasteiger partial charge in [0.25, 0.3) is 11.9 Å². The summed E-state index contributed by atoms with van der Waals surface area (Å²) in [4.78, 5) is 69.3. The van der Waals surface area contributed by atoms with Gasteiger partial charge in [-0.05, 0) is 25.0 Å². The Balaban J connectivity index is 1.59. The van der Waals surface area contributed by atoms with Crippen molar-refractivity contribution >= 4 is 36.4 Å². The van der Waals surface area contributed by atoms with Crippen molar-refractivity contribution in [3.8, 4) is 11.3 Å². The fraction of sp³-hybridized carbons (Fsp3) is 0.429. The van der Waals surface area contributed by atoms with Gasteiger partial charge in [0.15, 0.2) is 0 Å². The number of carbonyl (C=O) groups excluding carboxylic acids is 4. The van der Waals surface area contributed by atoms with E-state index in [2.05, 4.69) is 25.6 Å². The van der Waals surface area contributed by atoms with Crippen molar-refractivity contribution in [1.82, 2.24) is 20.9 Å². The number of pyridine rings is 1. The molecular formula is C28H35BN4O9. The Labute approximate surface area is 242 Å². The van der Waals surface area contributed by atoms with Gasteiger partial charge < -0.3 is 35.0 Å². The maximum absolute atomic E-state index is 13.6. The number of carbonyl (C=O) groups is 5. The van der Waals surface area contributed by atoms with Crippen LogP contribution in [0.1, 0.15) is 50.5 Å². The molecule has 2 bridgehead atoms. The maximum Gasteiger partial charge on any atom is 0.594 e. The van der Waals surface area contributed by atoms with Crippen molar-refractivity contribution in [2.75, 3.05) is 7.05 Å². The van der Waals surface area contributed by atoms with Crippen LogP contribution in [0.25, 0.3) is 11.3 Å². The standard InChI is InChI=1S/C28H35BN4O9/c1-16(2)13-21(29-40-22(35)14-28(42-29,27(39)30-4)15-23(36)41-29)32-26(38)24(17(3)34)33-25(37)20-12-8-11-19(31-20)18-9-6-5-7-10-18/h5-12,16-17,21,24,34,40H,13-15H2,1-4H3,(H,30,39)(H,32,38)(H,33,37)/t17-,21+,24+,28-,29?/m1/s1. The number of aromatic nitrogens is 1.